The van der Waals surface area contributed by atoms with E-state index >= 15 is 0 Å². The van der Waals surface area contributed by atoms with Crippen molar-refractivity contribution < 1.29 is 10.0 Å². The van der Waals surface area contributed by atoms with Crippen LogP contribution >= 0.6 is 0 Å². The molecule has 1 amide bonds. The summed E-state index contributed by atoms with van der Waals surface area (Å²) in [7, 11) is 0. The van der Waals surface area contributed by atoms with E-state index in [0.29, 0.717) is 0 Å². The minimum absolute atomic E-state index is 0.0243. The average molecular weight is 255 g/mol. The summed E-state index contributed by atoms with van der Waals surface area (Å²) in [5.41, 5.74) is 4.67. The number of amidine groups is 1. The molecular weight excluding hydrogens is 230 g/mol. The van der Waals surface area contributed by atoms with Crippen LogP contribution < -0.4 is 5.73 Å². The summed E-state index contributed by atoms with van der Waals surface area (Å²) in [5, 5.41) is 11.7. The van der Waals surface area contributed by atoms with Crippen LogP contribution in [0.1, 0.15) is 46.5 Å². The van der Waals surface area contributed by atoms with Gasteiger partial charge in [0, 0.05) is 13.1 Å². The third kappa shape index (κ3) is 3.15. The summed E-state index contributed by atoms with van der Waals surface area (Å²) in [6.45, 7) is 7.15. The zero-order chi connectivity index (χ0) is 13.8. The van der Waals surface area contributed by atoms with Crippen molar-refractivity contribution in [2.24, 2.45) is 22.2 Å². The lowest BCUT2D eigenvalue weighted by Crippen LogP contribution is -2.48. The van der Waals surface area contributed by atoms with Gasteiger partial charge in [-0.2, -0.15) is 0 Å². The number of carbonyl (C=O) groups is 1. The number of carbonyl (C=O) groups excluding carboxylic acids is 1. The molecule has 18 heavy (non-hydrogen) atoms. The quantitative estimate of drug-likeness (QED) is 0.349. The predicted molar refractivity (Wildman–Crippen MR) is 71.4 cm³/mol. The van der Waals surface area contributed by atoms with E-state index < -0.39 is 5.41 Å². The van der Waals surface area contributed by atoms with Crippen LogP contribution in [0, 0.1) is 11.3 Å². The number of rotatable bonds is 3. The largest absolute Gasteiger partial charge is 0.409 e. The van der Waals surface area contributed by atoms with Gasteiger partial charge in [-0.05, 0) is 39.0 Å². The highest BCUT2D eigenvalue weighted by Crippen LogP contribution is 2.25. The maximum atomic E-state index is 12.4. The molecule has 1 saturated heterocycles. The summed E-state index contributed by atoms with van der Waals surface area (Å²) in [4.78, 5) is 14.3. The number of hydrogen-bond acceptors (Lipinski definition) is 3. The topological polar surface area (TPSA) is 78.9 Å². The fourth-order valence-electron chi connectivity index (χ4n) is 2.41. The summed E-state index contributed by atoms with van der Waals surface area (Å²) < 4.78 is 0. The first-order valence-corrected chi connectivity index (χ1v) is 6.70. The number of nitrogens with zero attached hydrogens (tertiary/aromatic N) is 2. The van der Waals surface area contributed by atoms with Crippen molar-refractivity contribution in [3.05, 3.63) is 0 Å². The van der Waals surface area contributed by atoms with Crippen molar-refractivity contribution in [1.82, 2.24) is 4.90 Å². The Labute approximate surface area is 109 Å². The molecule has 0 aromatic rings. The molecule has 104 valence electrons. The number of likely N-dealkylation sites (tertiary alicyclic amines) is 1. The molecule has 0 aliphatic carbocycles. The Balaban J connectivity index is 2.72. The Morgan fingerprint density at radius 2 is 2.11 bits per heavy atom. The zero-order valence-electron chi connectivity index (χ0n) is 11.6. The van der Waals surface area contributed by atoms with Crippen LogP contribution in [0.3, 0.4) is 0 Å². The summed E-state index contributed by atoms with van der Waals surface area (Å²) in [6, 6.07) is 0. The SMILES string of the molecule is CCC1CCCN(C(=O)C(C)(C)C(N)=NO)CC1. The Morgan fingerprint density at radius 3 is 2.67 bits per heavy atom. The van der Waals surface area contributed by atoms with Crippen LogP contribution in [0.5, 0.6) is 0 Å². The Hall–Kier alpha value is -1.26. The average Bonchev–Trinajstić information content (AvgIpc) is 2.61. The first-order chi connectivity index (χ1) is 8.43. The minimum atomic E-state index is -0.930. The van der Waals surface area contributed by atoms with Gasteiger partial charge in [0.15, 0.2) is 5.84 Å². The molecule has 1 aliphatic rings. The van der Waals surface area contributed by atoms with Crippen LogP contribution in [0.4, 0.5) is 0 Å². The minimum Gasteiger partial charge on any atom is -0.409 e. The molecule has 0 bridgehead atoms. The first-order valence-electron chi connectivity index (χ1n) is 6.70. The van der Waals surface area contributed by atoms with Crippen molar-refractivity contribution in [3.8, 4) is 0 Å². The van der Waals surface area contributed by atoms with Crippen molar-refractivity contribution >= 4 is 11.7 Å². The van der Waals surface area contributed by atoms with E-state index in [1.54, 1.807) is 13.8 Å². The van der Waals surface area contributed by atoms with E-state index in [1.165, 1.54) is 12.8 Å². The zero-order valence-corrected chi connectivity index (χ0v) is 11.6. The molecule has 1 fully saturated rings. The highest BCUT2D eigenvalue weighted by atomic mass is 16.4. The number of oxime groups is 1. The summed E-state index contributed by atoms with van der Waals surface area (Å²) in [5.74, 6) is 0.646. The Bertz CT molecular complexity index is 326. The predicted octanol–water partition coefficient (Wildman–Crippen LogP) is 1.80. The molecule has 0 saturated carbocycles. The van der Waals surface area contributed by atoms with Crippen LogP contribution in [0.15, 0.2) is 5.16 Å². The van der Waals surface area contributed by atoms with Gasteiger partial charge >= 0.3 is 0 Å². The lowest BCUT2D eigenvalue weighted by Gasteiger charge is -2.30. The van der Waals surface area contributed by atoms with Crippen LogP contribution in [-0.4, -0.2) is 34.9 Å². The van der Waals surface area contributed by atoms with Crippen LogP contribution in [0.25, 0.3) is 0 Å². The highest BCUT2D eigenvalue weighted by molar-refractivity contribution is 6.05. The van der Waals surface area contributed by atoms with Gasteiger partial charge in [-0.3, -0.25) is 4.79 Å². The Kier molecular flexibility index (Phi) is 4.99. The second-order valence-electron chi connectivity index (χ2n) is 5.61. The standard InChI is InChI=1S/C13H25N3O2/c1-4-10-6-5-8-16(9-7-10)12(17)13(2,3)11(14)15-18/h10,18H,4-9H2,1-3H3,(H2,14,15). The van der Waals surface area contributed by atoms with E-state index in [1.807, 2.05) is 4.90 Å². The van der Waals surface area contributed by atoms with Crippen molar-refractivity contribution in [1.29, 1.82) is 0 Å². The van der Waals surface area contributed by atoms with Crippen molar-refractivity contribution in [3.63, 3.8) is 0 Å². The van der Waals surface area contributed by atoms with Gasteiger partial charge in [-0.25, -0.2) is 0 Å². The molecule has 0 aromatic carbocycles. The molecule has 0 spiro atoms. The van der Waals surface area contributed by atoms with E-state index in [0.717, 1.165) is 31.8 Å². The van der Waals surface area contributed by atoms with Gasteiger partial charge in [0.05, 0.1) is 0 Å². The summed E-state index contributed by atoms with van der Waals surface area (Å²) >= 11 is 0. The van der Waals surface area contributed by atoms with E-state index in [2.05, 4.69) is 12.1 Å². The normalized spacial score (nSPS) is 22.7. The molecule has 5 heteroatoms. The fraction of sp³-hybridized carbons (Fsp3) is 0.846. The van der Waals surface area contributed by atoms with Gasteiger partial charge in [-0.1, -0.05) is 18.5 Å². The van der Waals surface area contributed by atoms with E-state index in [4.69, 9.17) is 10.9 Å². The van der Waals surface area contributed by atoms with Gasteiger partial charge in [0.25, 0.3) is 0 Å². The molecule has 0 radical (unpaired) electrons. The maximum Gasteiger partial charge on any atom is 0.235 e. The van der Waals surface area contributed by atoms with Crippen molar-refractivity contribution in [2.75, 3.05) is 13.1 Å². The molecule has 1 atom stereocenters. The third-order valence-electron chi connectivity index (χ3n) is 3.99. The third-order valence-corrected chi connectivity index (χ3v) is 3.99. The van der Waals surface area contributed by atoms with Gasteiger partial charge < -0.3 is 15.8 Å². The number of amides is 1. The number of nitrogens with two attached hydrogens (primary N) is 1. The smallest absolute Gasteiger partial charge is 0.235 e. The second-order valence-corrected chi connectivity index (χ2v) is 5.61. The molecule has 1 heterocycles. The molecule has 1 aliphatic heterocycles. The van der Waals surface area contributed by atoms with Gasteiger partial charge in [0.2, 0.25) is 5.91 Å². The fourth-order valence-corrected chi connectivity index (χ4v) is 2.41. The lowest BCUT2D eigenvalue weighted by molar-refractivity contribution is -0.137. The van der Waals surface area contributed by atoms with E-state index in [9.17, 15) is 4.79 Å². The first kappa shape index (κ1) is 14.8. The second kappa shape index (κ2) is 6.07. The summed E-state index contributed by atoms with van der Waals surface area (Å²) in [6.07, 6.45) is 4.45. The highest BCUT2D eigenvalue weighted by Gasteiger charge is 2.36. The monoisotopic (exact) mass is 255 g/mol. The number of hydrogen-bond donors (Lipinski definition) is 2. The van der Waals surface area contributed by atoms with Crippen molar-refractivity contribution in [2.45, 2.75) is 46.5 Å². The maximum absolute atomic E-state index is 12.4. The molecule has 5 nitrogen and oxygen atoms in total. The molecule has 3 N–H and O–H groups in total. The van der Waals surface area contributed by atoms with Gasteiger partial charge in [0.1, 0.15) is 5.41 Å². The van der Waals surface area contributed by atoms with Crippen LogP contribution in [-0.2, 0) is 4.79 Å². The molecular formula is C13H25N3O2. The van der Waals surface area contributed by atoms with Crippen LogP contribution in [0.2, 0.25) is 0 Å². The van der Waals surface area contributed by atoms with E-state index in [-0.39, 0.29) is 11.7 Å². The Morgan fingerprint density at radius 1 is 1.44 bits per heavy atom. The molecule has 1 rings (SSSR count). The molecule has 1 unspecified atom stereocenters. The van der Waals surface area contributed by atoms with Gasteiger partial charge in [-0.15, -0.1) is 0 Å². The molecule has 0 aromatic heterocycles. The lowest BCUT2D eigenvalue weighted by atomic mass is 9.90.